The van der Waals surface area contributed by atoms with Gasteiger partial charge in [-0.25, -0.2) is 9.37 Å². The van der Waals surface area contributed by atoms with Crippen LogP contribution in [0.5, 0.6) is 0 Å². The smallest absolute Gasteiger partial charge is 0.129 e. The molecule has 1 aromatic heterocycles. The number of hydrogen-bond donors (Lipinski definition) is 1. The summed E-state index contributed by atoms with van der Waals surface area (Å²) in [6.45, 7) is 3.08. The standard InChI is InChI=1S/C12H16FN3O/c1-3-16-11-6-8(13)4-5-10(11)15-12(16)9(14)7-17-2/h4-6,9H,3,7,14H2,1-2H3. The Morgan fingerprint density at radius 3 is 2.94 bits per heavy atom. The molecule has 0 aliphatic carbocycles. The van der Waals surface area contributed by atoms with Gasteiger partial charge in [-0.2, -0.15) is 0 Å². The summed E-state index contributed by atoms with van der Waals surface area (Å²) in [5, 5.41) is 0. The van der Waals surface area contributed by atoms with E-state index in [4.69, 9.17) is 10.5 Å². The molecule has 0 amide bonds. The molecule has 2 N–H and O–H groups in total. The fourth-order valence-electron chi connectivity index (χ4n) is 1.98. The molecule has 0 saturated carbocycles. The van der Waals surface area contributed by atoms with E-state index in [1.807, 2.05) is 11.5 Å². The van der Waals surface area contributed by atoms with Crippen molar-refractivity contribution in [3.05, 3.63) is 29.8 Å². The fourth-order valence-corrected chi connectivity index (χ4v) is 1.98. The largest absolute Gasteiger partial charge is 0.383 e. The lowest BCUT2D eigenvalue weighted by Gasteiger charge is -2.12. The molecule has 0 aliphatic heterocycles. The Balaban J connectivity index is 2.55. The lowest BCUT2D eigenvalue weighted by Crippen LogP contribution is -2.20. The normalized spacial score (nSPS) is 13.2. The number of methoxy groups -OCH3 is 1. The molecule has 2 aromatic rings. The molecule has 0 aliphatic rings. The molecule has 0 saturated heterocycles. The van der Waals surface area contributed by atoms with Crippen LogP contribution in [0.2, 0.25) is 0 Å². The van der Waals surface area contributed by atoms with Crippen LogP contribution in [-0.2, 0) is 11.3 Å². The van der Waals surface area contributed by atoms with Crippen LogP contribution in [0.25, 0.3) is 11.0 Å². The van der Waals surface area contributed by atoms with E-state index >= 15 is 0 Å². The first-order valence-electron chi connectivity index (χ1n) is 5.57. The number of rotatable bonds is 4. The van der Waals surface area contributed by atoms with Crippen LogP contribution in [0.1, 0.15) is 18.8 Å². The molecule has 17 heavy (non-hydrogen) atoms. The molecule has 0 bridgehead atoms. The summed E-state index contributed by atoms with van der Waals surface area (Å²) >= 11 is 0. The summed E-state index contributed by atoms with van der Waals surface area (Å²) in [6, 6.07) is 4.26. The number of fused-ring (bicyclic) bond motifs is 1. The van der Waals surface area contributed by atoms with Gasteiger partial charge in [0.2, 0.25) is 0 Å². The molecule has 1 atom stereocenters. The number of nitrogens with zero attached hydrogens (tertiary/aromatic N) is 2. The quantitative estimate of drug-likeness (QED) is 0.882. The van der Waals surface area contributed by atoms with E-state index < -0.39 is 0 Å². The van der Waals surface area contributed by atoms with E-state index in [2.05, 4.69) is 4.98 Å². The van der Waals surface area contributed by atoms with Crippen molar-refractivity contribution in [2.24, 2.45) is 5.73 Å². The summed E-state index contributed by atoms with van der Waals surface area (Å²) in [6.07, 6.45) is 0. The summed E-state index contributed by atoms with van der Waals surface area (Å²) < 4.78 is 20.2. The highest BCUT2D eigenvalue weighted by atomic mass is 19.1. The number of ether oxygens (including phenoxy) is 1. The van der Waals surface area contributed by atoms with E-state index in [-0.39, 0.29) is 11.9 Å². The van der Waals surface area contributed by atoms with Gasteiger partial charge >= 0.3 is 0 Å². The highest BCUT2D eigenvalue weighted by molar-refractivity contribution is 5.76. The second kappa shape index (κ2) is 4.81. The first kappa shape index (κ1) is 12.0. The zero-order chi connectivity index (χ0) is 12.4. The second-order valence-electron chi connectivity index (χ2n) is 3.91. The van der Waals surface area contributed by atoms with E-state index in [0.29, 0.717) is 13.2 Å². The van der Waals surface area contributed by atoms with Crippen molar-refractivity contribution in [2.45, 2.75) is 19.5 Å². The molecule has 0 spiro atoms. The second-order valence-corrected chi connectivity index (χ2v) is 3.91. The van der Waals surface area contributed by atoms with Crippen molar-refractivity contribution < 1.29 is 9.13 Å². The molecule has 1 unspecified atom stereocenters. The Labute approximate surface area is 99.2 Å². The average molecular weight is 237 g/mol. The third-order valence-corrected chi connectivity index (χ3v) is 2.73. The van der Waals surface area contributed by atoms with E-state index in [1.165, 1.54) is 12.1 Å². The van der Waals surface area contributed by atoms with Gasteiger partial charge in [-0.05, 0) is 25.1 Å². The van der Waals surface area contributed by atoms with Crippen molar-refractivity contribution in [1.29, 1.82) is 0 Å². The average Bonchev–Trinajstić information content (AvgIpc) is 2.67. The minimum atomic E-state index is -0.296. The van der Waals surface area contributed by atoms with Gasteiger partial charge in [0.15, 0.2) is 0 Å². The predicted octanol–water partition coefficient (Wildman–Crippen LogP) is 1.84. The van der Waals surface area contributed by atoms with E-state index in [0.717, 1.165) is 16.9 Å². The van der Waals surface area contributed by atoms with Crippen LogP contribution < -0.4 is 5.73 Å². The highest BCUT2D eigenvalue weighted by Gasteiger charge is 2.16. The summed E-state index contributed by atoms with van der Waals surface area (Å²) in [7, 11) is 1.60. The Morgan fingerprint density at radius 2 is 2.29 bits per heavy atom. The predicted molar refractivity (Wildman–Crippen MR) is 64.2 cm³/mol. The van der Waals surface area contributed by atoms with Gasteiger partial charge < -0.3 is 15.0 Å². The Hall–Kier alpha value is -1.46. The zero-order valence-electron chi connectivity index (χ0n) is 9.98. The molecular formula is C12H16FN3O. The first-order valence-corrected chi connectivity index (χ1v) is 5.57. The SMILES string of the molecule is CCn1c(C(N)COC)nc2ccc(F)cc21. The van der Waals surface area contributed by atoms with Crippen LogP contribution >= 0.6 is 0 Å². The maximum Gasteiger partial charge on any atom is 0.129 e. The number of benzene rings is 1. The van der Waals surface area contributed by atoms with Crippen molar-refractivity contribution in [3.63, 3.8) is 0 Å². The van der Waals surface area contributed by atoms with Crippen molar-refractivity contribution in [3.8, 4) is 0 Å². The van der Waals surface area contributed by atoms with Gasteiger partial charge in [-0.3, -0.25) is 0 Å². The van der Waals surface area contributed by atoms with Crippen LogP contribution in [0.3, 0.4) is 0 Å². The molecule has 1 heterocycles. The lowest BCUT2D eigenvalue weighted by molar-refractivity contribution is 0.177. The summed E-state index contributed by atoms with van der Waals surface area (Å²) in [5.41, 5.74) is 7.51. The van der Waals surface area contributed by atoms with Gasteiger partial charge in [0.05, 0.1) is 23.7 Å². The number of hydrogen-bond acceptors (Lipinski definition) is 3. The fraction of sp³-hybridized carbons (Fsp3) is 0.417. The maximum absolute atomic E-state index is 13.2. The minimum Gasteiger partial charge on any atom is -0.383 e. The van der Waals surface area contributed by atoms with E-state index in [9.17, 15) is 4.39 Å². The monoisotopic (exact) mass is 237 g/mol. The molecule has 5 heteroatoms. The number of nitrogens with two attached hydrogens (primary N) is 1. The lowest BCUT2D eigenvalue weighted by atomic mass is 10.3. The van der Waals surface area contributed by atoms with Gasteiger partial charge in [0.25, 0.3) is 0 Å². The number of aromatic nitrogens is 2. The highest BCUT2D eigenvalue weighted by Crippen LogP contribution is 2.20. The Kier molecular flexibility index (Phi) is 3.40. The molecule has 0 fully saturated rings. The Morgan fingerprint density at radius 1 is 1.53 bits per heavy atom. The molecule has 4 nitrogen and oxygen atoms in total. The van der Waals surface area contributed by atoms with Gasteiger partial charge in [-0.15, -0.1) is 0 Å². The third-order valence-electron chi connectivity index (χ3n) is 2.73. The Bertz CT molecular complexity index is 524. The molecule has 0 radical (unpaired) electrons. The third kappa shape index (κ3) is 2.16. The molecule has 92 valence electrons. The van der Waals surface area contributed by atoms with Crippen LogP contribution in [0.15, 0.2) is 18.2 Å². The van der Waals surface area contributed by atoms with Gasteiger partial charge in [-0.1, -0.05) is 0 Å². The minimum absolute atomic E-state index is 0.265. The van der Waals surface area contributed by atoms with Crippen molar-refractivity contribution >= 4 is 11.0 Å². The van der Waals surface area contributed by atoms with Crippen LogP contribution in [0.4, 0.5) is 4.39 Å². The number of halogens is 1. The van der Waals surface area contributed by atoms with Crippen molar-refractivity contribution in [2.75, 3.05) is 13.7 Å². The summed E-state index contributed by atoms with van der Waals surface area (Å²) in [4.78, 5) is 4.43. The van der Waals surface area contributed by atoms with E-state index in [1.54, 1.807) is 13.2 Å². The van der Waals surface area contributed by atoms with Crippen LogP contribution in [0, 0.1) is 5.82 Å². The van der Waals surface area contributed by atoms with Gasteiger partial charge in [0.1, 0.15) is 11.6 Å². The molecule has 1 aromatic carbocycles. The van der Waals surface area contributed by atoms with Crippen LogP contribution in [-0.4, -0.2) is 23.3 Å². The number of imidazole rings is 1. The topological polar surface area (TPSA) is 53.1 Å². The first-order chi connectivity index (χ1) is 8.17. The van der Waals surface area contributed by atoms with Crippen molar-refractivity contribution in [1.82, 2.24) is 9.55 Å². The summed E-state index contributed by atoms with van der Waals surface area (Å²) in [5.74, 6) is 0.467. The van der Waals surface area contributed by atoms with Gasteiger partial charge in [0, 0.05) is 13.7 Å². The maximum atomic E-state index is 13.2. The molecular weight excluding hydrogens is 221 g/mol. The number of aryl methyl sites for hydroxylation is 1. The zero-order valence-corrected chi connectivity index (χ0v) is 9.98. The molecule has 2 rings (SSSR count).